The molecule has 4 aromatic rings. The molecule has 4 rings (SSSR count). The normalized spacial score (nSPS) is 10.6. The summed E-state index contributed by atoms with van der Waals surface area (Å²) in [6.45, 7) is 2.30. The van der Waals surface area contributed by atoms with Crippen LogP contribution in [0.15, 0.2) is 72.9 Å². The fourth-order valence-corrected chi connectivity index (χ4v) is 3.43. The quantitative estimate of drug-likeness (QED) is 0.434. The fraction of sp³-hybridized carbons (Fsp3) is 0.154. The van der Waals surface area contributed by atoms with Crippen LogP contribution in [0.5, 0.6) is 23.0 Å². The van der Waals surface area contributed by atoms with Crippen molar-refractivity contribution in [3.05, 3.63) is 89.6 Å². The van der Waals surface area contributed by atoms with Crippen molar-refractivity contribution in [1.82, 2.24) is 10.3 Å². The van der Waals surface area contributed by atoms with E-state index in [1.54, 1.807) is 26.5 Å². The molecule has 1 heterocycles. The largest absolute Gasteiger partial charge is 0.497 e. The van der Waals surface area contributed by atoms with Gasteiger partial charge in [-0.2, -0.15) is 0 Å². The minimum Gasteiger partial charge on any atom is -0.497 e. The Bertz CT molecular complexity index is 1250. The summed E-state index contributed by atoms with van der Waals surface area (Å²) in [5.41, 5.74) is 3.09. The summed E-state index contributed by atoms with van der Waals surface area (Å²) in [5.74, 6) is 2.63. The number of fused-ring (bicyclic) bond motifs is 1. The maximum atomic E-state index is 12.8. The molecule has 0 aliphatic heterocycles. The number of hydrogen-bond acceptors (Lipinski definition) is 5. The average molecular weight is 428 g/mol. The maximum absolute atomic E-state index is 12.8. The number of carbonyl (C=O) groups is 1. The van der Waals surface area contributed by atoms with Crippen molar-refractivity contribution in [3.8, 4) is 23.0 Å². The van der Waals surface area contributed by atoms with E-state index in [4.69, 9.17) is 14.2 Å². The zero-order chi connectivity index (χ0) is 22.5. The van der Waals surface area contributed by atoms with E-state index in [1.165, 1.54) is 0 Å². The molecule has 0 saturated heterocycles. The van der Waals surface area contributed by atoms with Crippen molar-refractivity contribution in [2.75, 3.05) is 14.2 Å². The molecule has 3 aromatic carbocycles. The van der Waals surface area contributed by atoms with Crippen molar-refractivity contribution in [1.29, 1.82) is 0 Å². The van der Waals surface area contributed by atoms with Gasteiger partial charge in [-0.15, -0.1) is 0 Å². The second-order valence-electron chi connectivity index (χ2n) is 7.25. The first-order valence-electron chi connectivity index (χ1n) is 10.2. The lowest BCUT2D eigenvalue weighted by Gasteiger charge is -2.14. The third-order valence-electron chi connectivity index (χ3n) is 5.27. The predicted molar refractivity (Wildman–Crippen MR) is 124 cm³/mol. The number of carbonyl (C=O) groups excluding carboxylic acids is 1. The molecule has 0 radical (unpaired) electrons. The third-order valence-corrected chi connectivity index (χ3v) is 5.27. The highest BCUT2D eigenvalue weighted by Crippen LogP contribution is 2.33. The molecule has 0 aliphatic carbocycles. The molecule has 0 unspecified atom stereocenters. The van der Waals surface area contributed by atoms with Gasteiger partial charge in [-0.3, -0.25) is 9.78 Å². The molecular formula is C26H24N2O4. The standard InChI is InChI=1S/C26H24N2O4/c1-17-21(26(29)28-16-18-7-9-19(30-2)10-8-18)5-4-6-24(17)32-25-13-14-27-23-15-20(31-3)11-12-22(23)25/h4-15H,16H2,1-3H3,(H,28,29). The monoisotopic (exact) mass is 428 g/mol. The third kappa shape index (κ3) is 4.49. The van der Waals surface area contributed by atoms with Crippen molar-refractivity contribution < 1.29 is 19.0 Å². The van der Waals surface area contributed by atoms with Crippen molar-refractivity contribution in [2.45, 2.75) is 13.5 Å². The van der Waals surface area contributed by atoms with Crippen LogP contribution in [0.1, 0.15) is 21.5 Å². The molecule has 162 valence electrons. The van der Waals surface area contributed by atoms with Crippen LogP contribution in [0, 0.1) is 6.92 Å². The van der Waals surface area contributed by atoms with Crippen LogP contribution in [0.25, 0.3) is 10.9 Å². The Morgan fingerprint density at radius 3 is 2.41 bits per heavy atom. The summed E-state index contributed by atoms with van der Waals surface area (Å²) in [7, 11) is 3.25. The lowest BCUT2D eigenvalue weighted by Crippen LogP contribution is -2.23. The van der Waals surface area contributed by atoms with Gasteiger partial charge in [-0.25, -0.2) is 0 Å². The summed E-state index contributed by atoms with van der Waals surface area (Å²) in [6, 6.07) is 20.5. The van der Waals surface area contributed by atoms with Gasteiger partial charge in [0.1, 0.15) is 23.0 Å². The Morgan fingerprint density at radius 2 is 1.66 bits per heavy atom. The van der Waals surface area contributed by atoms with Gasteiger partial charge in [-0.1, -0.05) is 18.2 Å². The van der Waals surface area contributed by atoms with Gasteiger partial charge >= 0.3 is 0 Å². The van der Waals surface area contributed by atoms with E-state index in [1.807, 2.05) is 67.6 Å². The number of rotatable bonds is 7. The number of amides is 1. The van der Waals surface area contributed by atoms with Crippen LogP contribution < -0.4 is 19.5 Å². The Kier molecular flexibility index (Phi) is 6.22. The minimum absolute atomic E-state index is 0.159. The minimum atomic E-state index is -0.159. The molecule has 0 spiro atoms. The zero-order valence-electron chi connectivity index (χ0n) is 18.2. The molecular weight excluding hydrogens is 404 g/mol. The van der Waals surface area contributed by atoms with Crippen molar-refractivity contribution in [3.63, 3.8) is 0 Å². The van der Waals surface area contributed by atoms with Crippen LogP contribution in [0.2, 0.25) is 0 Å². The first kappa shape index (κ1) is 21.2. The van der Waals surface area contributed by atoms with E-state index < -0.39 is 0 Å². The number of ether oxygens (including phenoxy) is 3. The topological polar surface area (TPSA) is 69.7 Å². The van der Waals surface area contributed by atoms with Crippen LogP contribution >= 0.6 is 0 Å². The van der Waals surface area contributed by atoms with E-state index in [0.29, 0.717) is 23.6 Å². The number of nitrogens with one attached hydrogen (secondary N) is 1. The van der Waals surface area contributed by atoms with Gasteiger partial charge in [0.05, 0.1) is 19.7 Å². The Balaban J connectivity index is 1.53. The number of aromatic nitrogens is 1. The molecule has 6 nitrogen and oxygen atoms in total. The fourth-order valence-electron chi connectivity index (χ4n) is 3.43. The SMILES string of the molecule is COc1ccc(CNC(=O)c2cccc(Oc3ccnc4cc(OC)ccc34)c2C)cc1. The number of nitrogens with zero attached hydrogens (tertiary/aromatic N) is 1. The maximum Gasteiger partial charge on any atom is 0.251 e. The first-order valence-corrected chi connectivity index (χ1v) is 10.2. The van der Waals surface area contributed by atoms with Gasteiger partial charge in [0.2, 0.25) is 0 Å². The van der Waals surface area contributed by atoms with Gasteiger partial charge in [0.25, 0.3) is 5.91 Å². The summed E-state index contributed by atoms with van der Waals surface area (Å²) in [5, 5.41) is 3.83. The predicted octanol–water partition coefficient (Wildman–Crippen LogP) is 5.28. The summed E-state index contributed by atoms with van der Waals surface area (Å²) in [4.78, 5) is 17.2. The van der Waals surface area contributed by atoms with E-state index in [-0.39, 0.29) is 5.91 Å². The van der Waals surface area contributed by atoms with Crippen LogP contribution in [-0.2, 0) is 6.54 Å². The summed E-state index contributed by atoms with van der Waals surface area (Å²) >= 11 is 0. The Hall–Kier alpha value is -4.06. The molecule has 1 amide bonds. The lowest BCUT2D eigenvalue weighted by molar-refractivity contribution is 0.0950. The van der Waals surface area contributed by atoms with Gasteiger partial charge in [0.15, 0.2) is 0 Å². The van der Waals surface area contributed by atoms with E-state index in [0.717, 1.165) is 33.5 Å². The first-order chi connectivity index (χ1) is 15.6. The molecule has 0 aliphatic rings. The van der Waals surface area contributed by atoms with Gasteiger partial charge in [0, 0.05) is 35.3 Å². The number of pyridine rings is 1. The van der Waals surface area contributed by atoms with Gasteiger partial charge in [-0.05, 0) is 55.0 Å². The van der Waals surface area contributed by atoms with Crippen LogP contribution in [-0.4, -0.2) is 25.1 Å². The summed E-state index contributed by atoms with van der Waals surface area (Å²) < 4.78 is 16.6. The lowest BCUT2D eigenvalue weighted by atomic mass is 10.1. The molecule has 1 aromatic heterocycles. The van der Waals surface area contributed by atoms with E-state index in [2.05, 4.69) is 10.3 Å². The Morgan fingerprint density at radius 1 is 0.906 bits per heavy atom. The highest BCUT2D eigenvalue weighted by atomic mass is 16.5. The van der Waals surface area contributed by atoms with Crippen molar-refractivity contribution >= 4 is 16.8 Å². The smallest absolute Gasteiger partial charge is 0.251 e. The van der Waals surface area contributed by atoms with E-state index >= 15 is 0 Å². The zero-order valence-corrected chi connectivity index (χ0v) is 18.2. The number of benzene rings is 3. The van der Waals surface area contributed by atoms with Crippen LogP contribution in [0.4, 0.5) is 0 Å². The molecule has 0 atom stereocenters. The average Bonchev–Trinajstić information content (AvgIpc) is 2.84. The number of methoxy groups -OCH3 is 2. The van der Waals surface area contributed by atoms with Crippen LogP contribution in [0.3, 0.4) is 0 Å². The molecule has 0 saturated carbocycles. The second-order valence-corrected chi connectivity index (χ2v) is 7.25. The summed E-state index contributed by atoms with van der Waals surface area (Å²) in [6.07, 6.45) is 1.69. The molecule has 1 N–H and O–H groups in total. The molecule has 0 bridgehead atoms. The van der Waals surface area contributed by atoms with Gasteiger partial charge < -0.3 is 19.5 Å². The van der Waals surface area contributed by atoms with E-state index in [9.17, 15) is 4.79 Å². The highest BCUT2D eigenvalue weighted by molar-refractivity contribution is 5.96. The Labute approximate surface area is 186 Å². The van der Waals surface area contributed by atoms with Crippen molar-refractivity contribution in [2.24, 2.45) is 0 Å². The molecule has 0 fully saturated rings. The second kappa shape index (κ2) is 9.39. The number of hydrogen-bond donors (Lipinski definition) is 1. The highest BCUT2D eigenvalue weighted by Gasteiger charge is 2.14. The molecule has 6 heteroatoms. The molecule has 32 heavy (non-hydrogen) atoms.